The van der Waals surface area contributed by atoms with E-state index in [0.29, 0.717) is 19.4 Å². The second-order valence-corrected chi connectivity index (χ2v) is 10.2. The molecule has 0 spiro atoms. The van der Waals surface area contributed by atoms with Crippen molar-refractivity contribution in [2.24, 2.45) is 0 Å². The van der Waals surface area contributed by atoms with E-state index in [4.69, 9.17) is 4.74 Å². The van der Waals surface area contributed by atoms with E-state index in [2.05, 4.69) is 0 Å². The van der Waals surface area contributed by atoms with Crippen LogP contribution >= 0.6 is 0 Å². The molecule has 0 saturated heterocycles. The zero-order chi connectivity index (χ0) is 20.3. The van der Waals surface area contributed by atoms with Crippen molar-refractivity contribution in [2.45, 2.75) is 70.0 Å². The van der Waals surface area contributed by atoms with Crippen molar-refractivity contribution in [2.75, 3.05) is 6.61 Å². The summed E-state index contributed by atoms with van der Waals surface area (Å²) in [5.74, 6) is 0. The lowest BCUT2D eigenvalue weighted by Gasteiger charge is -2.27. The minimum atomic E-state index is -3.56. The first kappa shape index (κ1) is 21.7. The van der Waals surface area contributed by atoms with Crippen LogP contribution in [0.1, 0.15) is 51.7 Å². The molecule has 2 aromatic rings. The molecule has 0 aliphatic heterocycles. The molecule has 27 heavy (non-hydrogen) atoms. The molecular weight excluding hydrogens is 362 g/mol. The molecule has 0 aliphatic carbocycles. The van der Waals surface area contributed by atoms with Crippen molar-refractivity contribution in [3.05, 3.63) is 53.9 Å². The smallest absolute Gasteiger partial charge is 0.267 e. The maximum Gasteiger partial charge on any atom is 0.267 e. The molecule has 6 heteroatoms. The average molecular weight is 394 g/mol. The molecule has 1 heterocycles. The van der Waals surface area contributed by atoms with Gasteiger partial charge < -0.3 is 9.84 Å². The van der Waals surface area contributed by atoms with Crippen molar-refractivity contribution in [1.29, 1.82) is 0 Å². The Morgan fingerprint density at radius 2 is 1.67 bits per heavy atom. The molecule has 150 valence electrons. The van der Waals surface area contributed by atoms with Crippen LogP contribution in [-0.4, -0.2) is 35.3 Å². The molecule has 0 aliphatic rings. The maximum atomic E-state index is 12.7. The molecule has 0 fully saturated rings. The summed E-state index contributed by atoms with van der Waals surface area (Å²) < 4.78 is 32.6. The molecule has 0 saturated carbocycles. The third-order valence-electron chi connectivity index (χ3n) is 4.55. The second-order valence-electron chi connectivity index (χ2n) is 8.34. The summed E-state index contributed by atoms with van der Waals surface area (Å²) in [4.78, 5) is 0.283. The van der Waals surface area contributed by atoms with Crippen LogP contribution in [0.2, 0.25) is 0 Å². The minimum Gasteiger partial charge on any atom is -0.390 e. The van der Waals surface area contributed by atoms with E-state index in [1.807, 2.05) is 26.8 Å². The summed E-state index contributed by atoms with van der Waals surface area (Å²) in [5, 5.41) is 9.77. The summed E-state index contributed by atoms with van der Waals surface area (Å²) in [6.07, 6.45) is 5.30. The molecule has 2 rings (SSSR count). The van der Waals surface area contributed by atoms with Gasteiger partial charge in [0.1, 0.15) is 0 Å². The number of benzene rings is 1. The lowest BCUT2D eigenvalue weighted by atomic mass is 9.99. The fourth-order valence-corrected chi connectivity index (χ4v) is 3.86. The second kappa shape index (κ2) is 8.17. The standard InChI is InChI=1S/C21H31NO4S/c1-17-6-8-19(9-7-17)27(24,25)22-14-11-18(16-22)10-12-21(4,5)26-15-13-20(2,3)23/h6-9,11,14,16,23H,10,12-13,15H2,1-5H3. The van der Waals surface area contributed by atoms with Gasteiger partial charge in [-0.1, -0.05) is 17.7 Å². The Labute approximate surface area is 163 Å². The van der Waals surface area contributed by atoms with Gasteiger partial charge in [-0.05, 0) is 77.6 Å². The van der Waals surface area contributed by atoms with Crippen molar-refractivity contribution >= 4 is 10.0 Å². The molecule has 0 radical (unpaired) electrons. The number of nitrogens with zero attached hydrogens (tertiary/aromatic N) is 1. The first-order valence-corrected chi connectivity index (χ1v) is 10.7. The highest BCUT2D eigenvalue weighted by molar-refractivity contribution is 7.90. The van der Waals surface area contributed by atoms with E-state index in [-0.39, 0.29) is 10.5 Å². The Morgan fingerprint density at radius 3 is 2.26 bits per heavy atom. The first-order valence-electron chi connectivity index (χ1n) is 9.25. The highest BCUT2D eigenvalue weighted by Gasteiger charge is 2.22. The fraction of sp³-hybridized carbons (Fsp3) is 0.524. The Hall–Kier alpha value is -1.63. The fourth-order valence-electron chi connectivity index (χ4n) is 2.64. The highest BCUT2D eigenvalue weighted by Crippen LogP contribution is 2.21. The topological polar surface area (TPSA) is 68.5 Å². The number of aromatic nitrogens is 1. The van der Waals surface area contributed by atoms with E-state index in [1.54, 1.807) is 50.5 Å². The zero-order valence-electron chi connectivity index (χ0n) is 16.9. The van der Waals surface area contributed by atoms with Gasteiger partial charge in [-0.15, -0.1) is 0 Å². The number of hydrogen-bond donors (Lipinski definition) is 1. The Bertz CT molecular complexity index is 843. The van der Waals surface area contributed by atoms with Crippen molar-refractivity contribution in [3.63, 3.8) is 0 Å². The van der Waals surface area contributed by atoms with Gasteiger partial charge in [0.05, 0.1) is 22.7 Å². The minimum absolute atomic E-state index is 0.283. The zero-order valence-corrected chi connectivity index (χ0v) is 17.7. The molecule has 0 atom stereocenters. The first-order chi connectivity index (χ1) is 12.4. The van der Waals surface area contributed by atoms with E-state index in [9.17, 15) is 13.5 Å². The lowest BCUT2D eigenvalue weighted by molar-refractivity contribution is -0.0497. The van der Waals surface area contributed by atoms with Crippen LogP contribution < -0.4 is 0 Å². The molecule has 1 N–H and O–H groups in total. The predicted molar refractivity (Wildman–Crippen MR) is 107 cm³/mol. The molecule has 1 aromatic carbocycles. The van der Waals surface area contributed by atoms with Crippen LogP contribution in [0.25, 0.3) is 0 Å². The third kappa shape index (κ3) is 6.48. The Kier molecular flexibility index (Phi) is 6.55. The number of ether oxygens (including phenoxy) is 1. The quantitative estimate of drug-likeness (QED) is 0.701. The summed E-state index contributed by atoms with van der Waals surface area (Å²) in [6.45, 7) is 9.96. The molecule has 0 bridgehead atoms. The Balaban J connectivity index is 1.98. The molecule has 0 amide bonds. The van der Waals surface area contributed by atoms with Gasteiger partial charge in [0.15, 0.2) is 0 Å². The maximum absolute atomic E-state index is 12.7. The van der Waals surface area contributed by atoms with Crippen molar-refractivity contribution in [3.8, 4) is 0 Å². The van der Waals surface area contributed by atoms with Gasteiger partial charge in [0, 0.05) is 12.4 Å². The SMILES string of the molecule is Cc1ccc(S(=O)(=O)n2ccc(CCC(C)(C)OCCC(C)(C)O)c2)cc1. The lowest BCUT2D eigenvalue weighted by Crippen LogP contribution is -2.29. The molecule has 0 unspecified atom stereocenters. The van der Waals surface area contributed by atoms with E-state index in [1.165, 1.54) is 3.97 Å². The van der Waals surface area contributed by atoms with E-state index in [0.717, 1.165) is 17.5 Å². The number of rotatable bonds is 9. The average Bonchev–Trinajstić information content (AvgIpc) is 3.02. The third-order valence-corrected chi connectivity index (χ3v) is 6.20. The van der Waals surface area contributed by atoms with Crippen LogP contribution in [0.3, 0.4) is 0 Å². The summed E-state index contributed by atoms with van der Waals surface area (Å²) in [6, 6.07) is 8.68. The van der Waals surface area contributed by atoms with Crippen LogP contribution in [0.15, 0.2) is 47.6 Å². The molecular formula is C21H31NO4S. The number of aliphatic hydroxyl groups is 1. The van der Waals surface area contributed by atoms with E-state index < -0.39 is 15.6 Å². The van der Waals surface area contributed by atoms with Gasteiger partial charge in [-0.2, -0.15) is 0 Å². The largest absolute Gasteiger partial charge is 0.390 e. The van der Waals surface area contributed by atoms with Crippen LogP contribution in [0.4, 0.5) is 0 Å². The summed E-state index contributed by atoms with van der Waals surface area (Å²) >= 11 is 0. The summed E-state index contributed by atoms with van der Waals surface area (Å²) in [7, 11) is -3.56. The highest BCUT2D eigenvalue weighted by atomic mass is 32.2. The van der Waals surface area contributed by atoms with Gasteiger partial charge in [0.25, 0.3) is 10.0 Å². The number of hydrogen-bond acceptors (Lipinski definition) is 4. The van der Waals surface area contributed by atoms with Gasteiger partial charge in [-0.3, -0.25) is 0 Å². The van der Waals surface area contributed by atoms with Gasteiger partial charge >= 0.3 is 0 Å². The monoisotopic (exact) mass is 393 g/mol. The van der Waals surface area contributed by atoms with Crippen LogP contribution in [0, 0.1) is 6.92 Å². The van der Waals surface area contributed by atoms with E-state index >= 15 is 0 Å². The normalized spacial score (nSPS) is 13.1. The Morgan fingerprint density at radius 1 is 1.04 bits per heavy atom. The van der Waals surface area contributed by atoms with Crippen LogP contribution in [0.5, 0.6) is 0 Å². The molecule has 1 aromatic heterocycles. The molecule has 5 nitrogen and oxygen atoms in total. The van der Waals surface area contributed by atoms with Crippen LogP contribution in [-0.2, 0) is 21.2 Å². The van der Waals surface area contributed by atoms with Gasteiger partial charge in [0.2, 0.25) is 0 Å². The van der Waals surface area contributed by atoms with Gasteiger partial charge in [-0.25, -0.2) is 12.4 Å². The van der Waals surface area contributed by atoms with Crippen molar-refractivity contribution < 1.29 is 18.3 Å². The summed E-state index contributed by atoms with van der Waals surface area (Å²) in [5.41, 5.74) is 0.889. The number of aryl methyl sites for hydroxylation is 2. The van der Waals surface area contributed by atoms with Crippen molar-refractivity contribution in [1.82, 2.24) is 3.97 Å². The predicted octanol–water partition coefficient (Wildman–Crippen LogP) is 3.92.